The third-order valence-corrected chi connectivity index (χ3v) is 2.68. The summed E-state index contributed by atoms with van der Waals surface area (Å²) in [5.41, 5.74) is 9.02. The van der Waals surface area contributed by atoms with Crippen LogP contribution in [0.2, 0.25) is 0 Å². The molecular weight excluding hydrogens is 210 g/mol. The molecule has 0 atom stereocenters. The van der Waals surface area contributed by atoms with E-state index in [-0.39, 0.29) is 0 Å². The number of nitrogens with one attached hydrogen (secondary N) is 1. The Labute approximate surface area is 102 Å². The number of aromatic nitrogens is 1. The summed E-state index contributed by atoms with van der Waals surface area (Å²) in [5, 5.41) is 3.24. The van der Waals surface area contributed by atoms with Gasteiger partial charge in [0, 0.05) is 12.7 Å². The van der Waals surface area contributed by atoms with Gasteiger partial charge in [-0.2, -0.15) is 0 Å². The van der Waals surface area contributed by atoms with Gasteiger partial charge in [-0.3, -0.25) is 0 Å². The Bertz CT molecular complexity index is 480. The number of hydrogen-bond acceptors (Lipinski definition) is 3. The smallest absolute Gasteiger partial charge is 0.149 e. The minimum Gasteiger partial charge on any atom is -0.396 e. The zero-order valence-corrected chi connectivity index (χ0v) is 9.98. The van der Waals surface area contributed by atoms with Crippen molar-refractivity contribution in [2.45, 2.75) is 19.9 Å². The molecular formula is C14H17N3. The fourth-order valence-electron chi connectivity index (χ4n) is 1.65. The van der Waals surface area contributed by atoms with Crippen LogP contribution in [0.15, 0.2) is 42.6 Å². The van der Waals surface area contributed by atoms with Crippen LogP contribution in [0, 0.1) is 0 Å². The molecule has 3 nitrogen and oxygen atoms in total. The van der Waals surface area contributed by atoms with E-state index in [9.17, 15) is 0 Å². The minimum absolute atomic E-state index is 0.709. The first-order valence-electron chi connectivity index (χ1n) is 5.81. The van der Waals surface area contributed by atoms with E-state index in [0.29, 0.717) is 5.69 Å². The topological polar surface area (TPSA) is 50.9 Å². The lowest BCUT2D eigenvalue weighted by Gasteiger charge is -2.09. The summed E-state index contributed by atoms with van der Waals surface area (Å²) in [4.78, 5) is 4.33. The molecule has 0 amide bonds. The normalized spacial score (nSPS) is 10.2. The van der Waals surface area contributed by atoms with Gasteiger partial charge in [-0.15, -0.1) is 0 Å². The number of nitrogens with two attached hydrogens (primary N) is 1. The second-order valence-electron chi connectivity index (χ2n) is 3.97. The highest BCUT2D eigenvalue weighted by Gasteiger charge is 2.01. The molecule has 0 saturated carbocycles. The molecule has 0 saturated heterocycles. The molecule has 0 aliphatic heterocycles. The summed E-state index contributed by atoms with van der Waals surface area (Å²) in [5.74, 6) is 0.756. The van der Waals surface area contributed by atoms with Gasteiger partial charge in [-0.1, -0.05) is 37.3 Å². The van der Waals surface area contributed by atoms with Crippen LogP contribution < -0.4 is 11.1 Å². The van der Waals surface area contributed by atoms with E-state index in [4.69, 9.17) is 5.73 Å². The molecule has 3 N–H and O–H groups in total. The Morgan fingerprint density at radius 2 is 1.94 bits per heavy atom. The van der Waals surface area contributed by atoms with Gasteiger partial charge >= 0.3 is 0 Å². The van der Waals surface area contributed by atoms with Crippen LogP contribution in [0.3, 0.4) is 0 Å². The van der Waals surface area contributed by atoms with Crippen LogP contribution in [-0.2, 0) is 13.0 Å². The molecule has 1 heterocycles. The predicted molar refractivity (Wildman–Crippen MR) is 71.8 cm³/mol. The van der Waals surface area contributed by atoms with Crippen molar-refractivity contribution >= 4 is 11.5 Å². The number of anilines is 2. The zero-order chi connectivity index (χ0) is 12.1. The molecule has 0 fully saturated rings. The van der Waals surface area contributed by atoms with Crippen molar-refractivity contribution in [2.75, 3.05) is 11.1 Å². The maximum Gasteiger partial charge on any atom is 0.149 e. The highest BCUT2D eigenvalue weighted by atomic mass is 15.0. The van der Waals surface area contributed by atoms with E-state index in [1.807, 2.05) is 30.5 Å². The van der Waals surface area contributed by atoms with Gasteiger partial charge in [0.05, 0.1) is 5.69 Å². The van der Waals surface area contributed by atoms with Crippen LogP contribution in [-0.4, -0.2) is 4.98 Å². The van der Waals surface area contributed by atoms with Crippen LogP contribution in [0.4, 0.5) is 11.5 Å². The summed E-state index contributed by atoms with van der Waals surface area (Å²) < 4.78 is 0. The average Bonchev–Trinajstić information content (AvgIpc) is 2.38. The Kier molecular flexibility index (Phi) is 3.60. The molecule has 0 aliphatic carbocycles. The summed E-state index contributed by atoms with van der Waals surface area (Å²) >= 11 is 0. The van der Waals surface area contributed by atoms with E-state index in [1.165, 1.54) is 5.56 Å². The average molecular weight is 227 g/mol. The van der Waals surface area contributed by atoms with Crippen molar-refractivity contribution in [2.24, 2.45) is 0 Å². The number of hydrogen-bond donors (Lipinski definition) is 2. The van der Waals surface area contributed by atoms with E-state index in [0.717, 1.165) is 24.3 Å². The Balaban J connectivity index is 2.04. The number of nitrogen functional groups attached to an aromatic ring is 1. The maximum absolute atomic E-state index is 5.94. The second-order valence-corrected chi connectivity index (χ2v) is 3.97. The first-order chi connectivity index (χ1) is 8.29. The molecule has 0 spiro atoms. The van der Waals surface area contributed by atoms with Crippen LogP contribution in [0.25, 0.3) is 0 Å². The third-order valence-electron chi connectivity index (χ3n) is 2.68. The molecule has 88 valence electrons. The van der Waals surface area contributed by atoms with Gasteiger partial charge < -0.3 is 11.1 Å². The highest BCUT2D eigenvalue weighted by molar-refractivity contribution is 5.61. The summed E-state index contributed by atoms with van der Waals surface area (Å²) in [6.45, 7) is 2.83. The molecule has 0 radical (unpaired) electrons. The van der Waals surface area contributed by atoms with Crippen molar-refractivity contribution in [1.82, 2.24) is 4.98 Å². The number of rotatable bonds is 4. The molecule has 0 unspecified atom stereocenters. The monoisotopic (exact) mass is 227 g/mol. The fraction of sp³-hybridized carbons (Fsp3) is 0.214. The van der Waals surface area contributed by atoms with Gasteiger partial charge in [0.15, 0.2) is 0 Å². The Morgan fingerprint density at radius 3 is 2.59 bits per heavy atom. The van der Waals surface area contributed by atoms with Gasteiger partial charge in [-0.05, 0) is 23.6 Å². The van der Waals surface area contributed by atoms with Crippen LogP contribution >= 0.6 is 0 Å². The first-order valence-corrected chi connectivity index (χ1v) is 5.81. The summed E-state index contributed by atoms with van der Waals surface area (Å²) in [6.07, 6.45) is 2.82. The molecule has 1 aromatic heterocycles. The lowest BCUT2D eigenvalue weighted by Crippen LogP contribution is -2.05. The molecule has 3 heteroatoms. The highest BCUT2D eigenvalue weighted by Crippen LogP contribution is 2.17. The molecule has 0 aliphatic rings. The molecule has 2 rings (SSSR count). The van der Waals surface area contributed by atoms with E-state index in [2.05, 4.69) is 29.4 Å². The number of benzene rings is 1. The molecule has 0 bridgehead atoms. The third kappa shape index (κ3) is 2.97. The number of aryl methyl sites for hydroxylation is 1. The van der Waals surface area contributed by atoms with Gasteiger partial charge in [-0.25, -0.2) is 4.98 Å². The SMILES string of the molecule is CCc1cnc(NCc2ccccc2)c(N)c1. The standard InChI is InChI=1S/C14H17N3/c1-2-11-8-13(15)14(16-9-11)17-10-12-6-4-3-5-7-12/h3-9H,2,10,15H2,1H3,(H,16,17). The maximum atomic E-state index is 5.94. The van der Waals surface area contributed by atoms with Crippen molar-refractivity contribution in [3.05, 3.63) is 53.7 Å². The van der Waals surface area contributed by atoms with Crippen molar-refractivity contribution in [1.29, 1.82) is 0 Å². The lowest BCUT2D eigenvalue weighted by molar-refractivity contribution is 1.07. The predicted octanol–water partition coefficient (Wildman–Crippen LogP) is 2.84. The Morgan fingerprint density at radius 1 is 1.18 bits per heavy atom. The summed E-state index contributed by atoms with van der Waals surface area (Å²) in [7, 11) is 0. The molecule has 2 aromatic rings. The number of nitrogens with zero attached hydrogens (tertiary/aromatic N) is 1. The molecule has 1 aromatic carbocycles. The van der Waals surface area contributed by atoms with E-state index in [1.54, 1.807) is 0 Å². The van der Waals surface area contributed by atoms with Gasteiger partial charge in [0.1, 0.15) is 5.82 Å². The van der Waals surface area contributed by atoms with Crippen molar-refractivity contribution in [3.8, 4) is 0 Å². The second kappa shape index (κ2) is 5.34. The Hall–Kier alpha value is -2.03. The number of pyridine rings is 1. The van der Waals surface area contributed by atoms with Crippen LogP contribution in [0.5, 0.6) is 0 Å². The lowest BCUT2D eigenvalue weighted by atomic mass is 10.2. The van der Waals surface area contributed by atoms with Crippen molar-refractivity contribution < 1.29 is 0 Å². The van der Waals surface area contributed by atoms with Crippen molar-refractivity contribution in [3.63, 3.8) is 0 Å². The fourth-order valence-corrected chi connectivity index (χ4v) is 1.65. The van der Waals surface area contributed by atoms with E-state index < -0.39 is 0 Å². The van der Waals surface area contributed by atoms with Crippen LogP contribution in [0.1, 0.15) is 18.1 Å². The van der Waals surface area contributed by atoms with E-state index >= 15 is 0 Å². The zero-order valence-electron chi connectivity index (χ0n) is 9.98. The quantitative estimate of drug-likeness (QED) is 0.844. The summed E-state index contributed by atoms with van der Waals surface area (Å²) in [6, 6.07) is 12.2. The molecule has 17 heavy (non-hydrogen) atoms. The van der Waals surface area contributed by atoms with Gasteiger partial charge in [0.2, 0.25) is 0 Å². The first kappa shape index (κ1) is 11.5. The minimum atomic E-state index is 0.709. The van der Waals surface area contributed by atoms with Gasteiger partial charge in [0.25, 0.3) is 0 Å². The largest absolute Gasteiger partial charge is 0.396 e.